The SMILES string of the molecule is COc1ccc(C(=O)CCCCC(=O)N2C[C@H](c3ccc(Cl)c(Cl)c3)[C@@H](N(C)Cc3ccc(C(F)(F)F)c(F)c3)C2)cc1. The molecule has 4 rings (SSSR count). The molecule has 1 aliphatic heterocycles. The van der Waals surface area contributed by atoms with Crippen LogP contribution in [0.4, 0.5) is 17.6 Å². The molecule has 0 bridgehead atoms. The third-order valence-corrected chi connectivity index (χ3v) is 8.55. The fourth-order valence-electron chi connectivity index (χ4n) is 5.44. The number of rotatable bonds is 11. The molecule has 0 aliphatic carbocycles. The zero-order valence-corrected chi connectivity index (χ0v) is 25.3. The van der Waals surface area contributed by atoms with Gasteiger partial charge in [-0.25, -0.2) is 4.39 Å². The number of Topliss-reactive ketones (excluding diaryl/α,β-unsaturated/α-hetero) is 1. The van der Waals surface area contributed by atoms with Crippen LogP contribution in [0.3, 0.4) is 0 Å². The Morgan fingerprint density at radius 2 is 1.65 bits per heavy atom. The summed E-state index contributed by atoms with van der Waals surface area (Å²) >= 11 is 12.4. The van der Waals surface area contributed by atoms with Crippen molar-refractivity contribution in [3.8, 4) is 5.75 Å². The molecule has 1 aliphatic rings. The zero-order valence-electron chi connectivity index (χ0n) is 23.8. The van der Waals surface area contributed by atoms with Crippen LogP contribution in [0.2, 0.25) is 10.0 Å². The quantitative estimate of drug-likeness (QED) is 0.121. The minimum absolute atomic E-state index is 0.00246. The van der Waals surface area contributed by atoms with Crippen LogP contribution >= 0.6 is 23.2 Å². The average molecular weight is 640 g/mol. The molecule has 1 heterocycles. The predicted molar refractivity (Wildman–Crippen MR) is 158 cm³/mol. The minimum atomic E-state index is -4.78. The van der Waals surface area contributed by atoms with Crippen LogP contribution in [-0.2, 0) is 17.5 Å². The number of alkyl halides is 3. The molecule has 0 spiro atoms. The lowest BCUT2D eigenvalue weighted by Crippen LogP contribution is -2.38. The molecule has 43 heavy (non-hydrogen) atoms. The van der Waals surface area contributed by atoms with Crippen LogP contribution in [0.5, 0.6) is 5.75 Å². The van der Waals surface area contributed by atoms with E-state index in [9.17, 15) is 27.2 Å². The van der Waals surface area contributed by atoms with Crippen molar-refractivity contribution in [2.24, 2.45) is 0 Å². The molecular formula is C32H32Cl2F4N2O3. The van der Waals surface area contributed by atoms with E-state index in [4.69, 9.17) is 27.9 Å². The first-order valence-electron chi connectivity index (χ1n) is 13.8. The summed E-state index contributed by atoms with van der Waals surface area (Å²) < 4.78 is 58.5. The third-order valence-electron chi connectivity index (χ3n) is 7.81. The van der Waals surface area contributed by atoms with E-state index in [-0.39, 0.29) is 36.6 Å². The maximum absolute atomic E-state index is 14.2. The first kappa shape index (κ1) is 32.8. The van der Waals surface area contributed by atoms with E-state index in [1.807, 2.05) is 11.0 Å². The van der Waals surface area contributed by atoms with Crippen LogP contribution in [0.1, 0.15) is 58.6 Å². The van der Waals surface area contributed by atoms with Gasteiger partial charge in [0.15, 0.2) is 5.78 Å². The van der Waals surface area contributed by atoms with Gasteiger partial charge < -0.3 is 9.64 Å². The molecule has 1 fully saturated rings. The summed E-state index contributed by atoms with van der Waals surface area (Å²) in [5, 5.41) is 0.766. The minimum Gasteiger partial charge on any atom is -0.497 e. The van der Waals surface area contributed by atoms with Gasteiger partial charge >= 0.3 is 6.18 Å². The fraction of sp³-hybridized carbons (Fsp3) is 0.375. The Morgan fingerprint density at radius 3 is 2.28 bits per heavy atom. The van der Waals surface area contributed by atoms with E-state index >= 15 is 0 Å². The van der Waals surface area contributed by atoms with Crippen molar-refractivity contribution in [3.63, 3.8) is 0 Å². The molecule has 11 heteroatoms. The second-order valence-corrected chi connectivity index (χ2v) is 11.5. The highest BCUT2D eigenvalue weighted by Crippen LogP contribution is 2.36. The number of ketones is 1. The van der Waals surface area contributed by atoms with Crippen molar-refractivity contribution in [1.29, 1.82) is 0 Å². The topological polar surface area (TPSA) is 49.9 Å². The molecule has 3 aromatic rings. The number of hydrogen-bond acceptors (Lipinski definition) is 4. The van der Waals surface area contributed by atoms with Gasteiger partial charge in [0.1, 0.15) is 11.6 Å². The van der Waals surface area contributed by atoms with E-state index in [0.29, 0.717) is 59.3 Å². The molecular weight excluding hydrogens is 607 g/mol. The number of ether oxygens (including phenoxy) is 1. The van der Waals surface area contributed by atoms with Crippen molar-refractivity contribution in [1.82, 2.24) is 9.80 Å². The van der Waals surface area contributed by atoms with E-state index in [1.54, 1.807) is 55.5 Å². The number of nitrogens with zero attached hydrogens (tertiary/aromatic N) is 2. The fourth-order valence-corrected chi connectivity index (χ4v) is 5.75. The number of unbranched alkanes of at least 4 members (excludes halogenated alkanes) is 1. The molecule has 5 nitrogen and oxygen atoms in total. The van der Waals surface area contributed by atoms with Crippen molar-refractivity contribution < 1.29 is 31.9 Å². The summed E-state index contributed by atoms with van der Waals surface area (Å²) in [6, 6.07) is 14.9. The molecule has 1 saturated heterocycles. The van der Waals surface area contributed by atoms with E-state index < -0.39 is 17.6 Å². The molecule has 0 radical (unpaired) electrons. The van der Waals surface area contributed by atoms with Gasteiger partial charge in [0.25, 0.3) is 0 Å². The second kappa shape index (κ2) is 14.1. The predicted octanol–water partition coefficient (Wildman–Crippen LogP) is 8.03. The average Bonchev–Trinajstić information content (AvgIpc) is 3.42. The third kappa shape index (κ3) is 8.28. The lowest BCUT2D eigenvalue weighted by Gasteiger charge is -2.29. The maximum atomic E-state index is 14.2. The standard InChI is InChI=1S/C32H32Cl2F4N2O3/c1-39(17-20-7-13-25(28(35)15-20)32(36,37)38)29-19-40(18-24(29)22-10-14-26(33)27(34)16-22)31(42)6-4-3-5-30(41)21-8-11-23(43-2)12-9-21/h7-16,24,29H,3-6,17-19H2,1-2H3/t24-,29+/m1/s1. The summed E-state index contributed by atoms with van der Waals surface area (Å²) in [7, 11) is 3.35. The van der Waals surface area contributed by atoms with E-state index in [0.717, 1.165) is 17.7 Å². The highest BCUT2D eigenvalue weighted by atomic mass is 35.5. The molecule has 230 valence electrons. The number of methoxy groups -OCH3 is 1. The molecule has 0 N–H and O–H groups in total. The molecule has 0 saturated carbocycles. The van der Waals surface area contributed by atoms with Crippen LogP contribution < -0.4 is 4.74 Å². The van der Waals surface area contributed by atoms with Gasteiger partial charge in [-0.2, -0.15) is 13.2 Å². The maximum Gasteiger partial charge on any atom is 0.419 e. The first-order valence-corrected chi connectivity index (χ1v) is 14.6. The summed E-state index contributed by atoms with van der Waals surface area (Å²) in [5.41, 5.74) is 0.531. The summed E-state index contributed by atoms with van der Waals surface area (Å²) in [4.78, 5) is 29.4. The van der Waals surface area contributed by atoms with Gasteiger partial charge in [-0.15, -0.1) is 0 Å². The monoisotopic (exact) mass is 638 g/mol. The number of carbonyl (C=O) groups is 2. The van der Waals surface area contributed by atoms with Crippen LogP contribution in [-0.4, -0.2) is 54.8 Å². The lowest BCUT2D eigenvalue weighted by molar-refractivity contribution is -0.140. The number of amides is 1. The van der Waals surface area contributed by atoms with Gasteiger partial charge in [0.05, 0.1) is 22.7 Å². The summed E-state index contributed by atoms with van der Waals surface area (Å²) in [6.07, 6.45) is -3.09. The number of benzene rings is 3. The Bertz CT molecular complexity index is 1450. The van der Waals surface area contributed by atoms with Crippen LogP contribution in [0.15, 0.2) is 60.7 Å². The summed E-state index contributed by atoms with van der Waals surface area (Å²) in [6.45, 7) is 0.944. The van der Waals surface area contributed by atoms with Crippen molar-refractivity contribution in [2.75, 3.05) is 27.2 Å². The Hall–Kier alpha value is -3.14. The van der Waals surface area contributed by atoms with E-state index in [1.165, 1.54) is 6.07 Å². The Morgan fingerprint density at radius 1 is 0.953 bits per heavy atom. The van der Waals surface area contributed by atoms with Gasteiger partial charge in [-0.05, 0) is 79.5 Å². The Kier molecular flexibility index (Phi) is 10.7. The van der Waals surface area contributed by atoms with Gasteiger partial charge in [-0.3, -0.25) is 14.5 Å². The van der Waals surface area contributed by atoms with Gasteiger partial charge in [-0.1, -0.05) is 35.3 Å². The molecule has 2 atom stereocenters. The van der Waals surface area contributed by atoms with Crippen molar-refractivity contribution in [2.45, 2.75) is 50.4 Å². The Labute approximate surface area is 258 Å². The smallest absolute Gasteiger partial charge is 0.419 e. The van der Waals surface area contributed by atoms with Crippen molar-refractivity contribution in [3.05, 3.63) is 98.8 Å². The normalized spacial score (nSPS) is 17.0. The number of likely N-dealkylation sites (N-methyl/N-ethyl adjacent to an activating group) is 1. The molecule has 0 aromatic heterocycles. The lowest BCUT2D eigenvalue weighted by atomic mass is 9.93. The van der Waals surface area contributed by atoms with E-state index in [2.05, 4.69) is 0 Å². The van der Waals surface area contributed by atoms with Gasteiger partial charge in [0.2, 0.25) is 5.91 Å². The molecule has 0 unspecified atom stereocenters. The number of likely N-dealkylation sites (tertiary alicyclic amines) is 1. The Balaban J connectivity index is 1.41. The number of halogens is 6. The van der Waals surface area contributed by atoms with Crippen LogP contribution in [0, 0.1) is 5.82 Å². The molecule has 1 amide bonds. The van der Waals surface area contributed by atoms with Crippen molar-refractivity contribution >= 4 is 34.9 Å². The van der Waals surface area contributed by atoms with Gasteiger partial charge in [0, 0.05) is 50.0 Å². The number of carbonyl (C=O) groups excluding carboxylic acids is 2. The highest BCUT2D eigenvalue weighted by Gasteiger charge is 2.39. The largest absolute Gasteiger partial charge is 0.497 e. The summed E-state index contributed by atoms with van der Waals surface area (Å²) in [5.74, 6) is -0.883. The highest BCUT2D eigenvalue weighted by molar-refractivity contribution is 6.42. The first-order chi connectivity index (χ1) is 20.4. The molecule has 3 aromatic carbocycles. The zero-order chi connectivity index (χ0) is 31.3. The number of hydrogen-bond donors (Lipinski definition) is 0. The van der Waals surface area contributed by atoms with Crippen LogP contribution in [0.25, 0.3) is 0 Å². The second-order valence-electron chi connectivity index (χ2n) is 10.7.